The number of rotatable bonds is 8. The first-order chi connectivity index (χ1) is 18.2. The highest BCUT2D eigenvalue weighted by Crippen LogP contribution is 2.34. The van der Waals surface area contributed by atoms with Gasteiger partial charge in [-0.1, -0.05) is 58.5 Å². The van der Waals surface area contributed by atoms with Crippen molar-refractivity contribution in [3.63, 3.8) is 0 Å². The van der Waals surface area contributed by atoms with E-state index in [1.165, 1.54) is 10.9 Å². The summed E-state index contributed by atoms with van der Waals surface area (Å²) in [7, 11) is 0. The number of hydrogen-bond acceptors (Lipinski definition) is 8. The summed E-state index contributed by atoms with van der Waals surface area (Å²) in [6.45, 7) is 0.297. The normalized spacial score (nSPS) is 21.4. The second kappa shape index (κ2) is 11.4. The lowest BCUT2D eigenvalue weighted by atomic mass is 10.1. The number of hydrogen-bond donors (Lipinski definition) is 3. The van der Waals surface area contributed by atoms with E-state index in [1.54, 1.807) is 36.4 Å². The highest BCUT2D eigenvalue weighted by molar-refractivity contribution is 6.35. The molecule has 1 aliphatic heterocycles. The molecular weight excluding hydrogens is 580 g/mol. The van der Waals surface area contributed by atoms with Crippen molar-refractivity contribution in [2.45, 2.75) is 37.8 Å². The van der Waals surface area contributed by atoms with Gasteiger partial charge in [0, 0.05) is 20.1 Å². The van der Waals surface area contributed by atoms with E-state index in [2.05, 4.69) is 15.0 Å². The Morgan fingerprint density at radius 1 is 1.05 bits per heavy atom. The molecule has 4 aromatic rings. The Hall–Kier alpha value is -2.41. The van der Waals surface area contributed by atoms with Gasteiger partial charge in [0.25, 0.3) is 5.56 Å². The molecule has 200 valence electrons. The second-order valence-corrected chi connectivity index (χ2v) is 10.3. The van der Waals surface area contributed by atoms with Crippen LogP contribution < -0.4 is 11.3 Å². The summed E-state index contributed by atoms with van der Waals surface area (Å²) >= 11 is 24.5. The number of aliphatic hydroxyl groups is 1. The maximum Gasteiger partial charge on any atom is 0.280 e. The van der Waals surface area contributed by atoms with Crippen LogP contribution in [0, 0.1) is 0 Å². The van der Waals surface area contributed by atoms with E-state index >= 15 is 0 Å². The molecule has 2 aromatic carbocycles. The number of fused-ring (bicyclic) bond motifs is 1. The first-order valence-corrected chi connectivity index (χ1v) is 12.9. The number of halogens is 4. The Morgan fingerprint density at radius 3 is 2.37 bits per heavy atom. The van der Waals surface area contributed by atoms with E-state index in [-0.39, 0.29) is 36.9 Å². The minimum absolute atomic E-state index is 0.0499. The monoisotopic (exact) mass is 599 g/mol. The van der Waals surface area contributed by atoms with Crippen LogP contribution in [0.5, 0.6) is 0 Å². The molecule has 10 nitrogen and oxygen atoms in total. The van der Waals surface area contributed by atoms with E-state index in [4.69, 9.17) is 66.3 Å². The number of imidazole rings is 1. The van der Waals surface area contributed by atoms with Crippen LogP contribution in [0.3, 0.4) is 0 Å². The number of benzene rings is 2. The van der Waals surface area contributed by atoms with Gasteiger partial charge in [-0.25, -0.2) is 4.98 Å². The van der Waals surface area contributed by atoms with Crippen molar-refractivity contribution in [2.75, 3.05) is 12.3 Å². The number of H-pyrrole nitrogens is 1. The summed E-state index contributed by atoms with van der Waals surface area (Å²) in [5.41, 5.74) is 6.83. The molecule has 0 amide bonds. The van der Waals surface area contributed by atoms with Crippen molar-refractivity contribution in [3.05, 3.63) is 84.3 Å². The molecule has 14 heteroatoms. The number of anilines is 1. The first kappa shape index (κ1) is 27.2. The lowest BCUT2D eigenvalue weighted by Crippen LogP contribution is -2.36. The third kappa shape index (κ3) is 5.63. The molecular formula is C24H21Cl4N5O5. The molecule has 38 heavy (non-hydrogen) atoms. The molecule has 1 saturated heterocycles. The predicted octanol–water partition coefficient (Wildman–Crippen LogP) is 4.38. The smallest absolute Gasteiger partial charge is 0.280 e. The standard InChI is InChI=1S/C24H21Cl4N5O5/c25-13-3-1-11(15(27)5-13)7-36-9-17-20(37-8-12-2-4-14(26)6-16(12)28)19(34)23(38-17)33-10-30-18-21(33)31-24(29)32-22(18)35/h1-6,10,17,19-20,23,34H,7-9H2,(H3,29,31,32,35)/t17-,19+,20?,23-/m1/s1. The van der Waals surface area contributed by atoms with Gasteiger partial charge in [0.15, 0.2) is 17.4 Å². The molecule has 0 bridgehead atoms. The van der Waals surface area contributed by atoms with Crippen molar-refractivity contribution in [3.8, 4) is 0 Å². The van der Waals surface area contributed by atoms with E-state index in [0.29, 0.717) is 25.7 Å². The van der Waals surface area contributed by atoms with Crippen LogP contribution in [-0.2, 0) is 27.4 Å². The van der Waals surface area contributed by atoms with Crippen LogP contribution in [0.2, 0.25) is 20.1 Å². The maximum absolute atomic E-state index is 12.2. The van der Waals surface area contributed by atoms with Crippen molar-refractivity contribution in [2.24, 2.45) is 0 Å². The van der Waals surface area contributed by atoms with Gasteiger partial charge in [-0.05, 0) is 35.4 Å². The molecule has 0 radical (unpaired) electrons. The van der Waals surface area contributed by atoms with Crippen LogP contribution in [0.1, 0.15) is 17.4 Å². The van der Waals surface area contributed by atoms with Crippen LogP contribution in [0.4, 0.5) is 5.95 Å². The Labute approximate surface area is 236 Å². The second-order valence-electron chi connectivity index (χ2n) is 8.59. The number of ether oxygens (including phenoxy) is 3. The van der Waals surface area contributed by atoms with Crippen LogP contribution in [0.15, 0.2) is 47.5 Å². The molecule has 1 aliphatic rings. The minimum Gasteiger partial charge on any atom is -0.386 e. The van der Waals surface area contributed by atoms with Gasteiger partial charge in [0.1, 0.15) is 18.3 Å². The number of nitrogens with two attached hydrogens (primary N) is 1. The summed E-state index contributed by atoms with van der Waals surface area (Å²) < 4.78 is 19.6. The quantitative estimate of drug-likeness (QED) is 0.271. The van der Waals surface area contributed by atoms with Gasteiger partial charge in [-0.15, -0.1) is 0 Å². The van der Waals surface area contributed by atoms with Gasteiger partial charge in [0.2, 0.25) is 5.95 Å². The fraction of sp³-hybridized carbons (Fsp3) is 0.292. The Bertz CT molecular complexity index is 1530. The summed E-state index contributed by atoms with van der Waals surface area (Å²) in [4.78, 5) is 22.9. The van der Waals surface area contributed by atoms with Crippen LogP contribution in [0.25, 0.3) is 11.2 Å². The Morgan fingerprint density at radius 2 is 1.71 bits per heavy atom. The van der Waals surface area contributed by atoms with Gasteiger partial charge in [-0.3, -0.25) is 14.3 Å². The number of nitrogens with zero attached hydrogens (tertiary/aromatic N) is 3. The number of aromatic amines is 1. The van der Waals surface area contributed by atoms with Crippen LogP contribution >= 0.6 is 46.4 Å². The zero-order chi connectivity index (χ0) is 27.0. The molecule has 5 rings (SSSR count). The number of nitrogen functional groups attached to an aromatic ring is 1. The largest absolute Gasteiger partial charge is 0.386 e. The summed E-state index contributed by atoms with van der Waals surface area (Å²) in [5.74, 6) is -0.0957. The van der Waals surface area contributed by atoms with Crippen molar-refractivity contribution >= 4 is 63.5 Å². The fourth-order valence-electron chi connectivity index (χ4n) is 4.17. The molecule has 4 N–H and O–H groups in total. The third-order valence-corrected chi connectivity index (χ3v) is 7.21. The summed E-state index contributed by atoms with van der Waals surface area (Å²) in [5, 5.41) is 13.2. The zero-order valence-corrected chi connectivity index (χ0v) is 22.5. The minimum atomic E-state index is -1.19. The molecule has 1 unspecified atom stereocenters. The van der Waals surface area contributed by atoms with Crippen molar-refractivity contribution in [1.82, 2.24) is 19.5 Å². The van der Waals surface area contributed by atoms with Gasteiger partial charge in [0.05, 0.1) is 26.1 Å². The predicted molar refractivity (Wildman–Crippen MR) is 144 cm³/mol. The highest BCUT2D eigenvalue weighted by Gasteiger charge is 2.46. The molecule has 1 fully saturated rings. The van der Waals surface area contributed by atoms with Crippen molar-refractivity contribution in [1.29, 1.82) is 0 Å². The van der Waals surface area contributed by atoms with E-state index in [0.717, 1.165) is 5.56 Å². The van der Waals surface area contributed by atoms with Crippen molar-refractivity contribution < 1.29 is 19.3 Å². The lowest BCUT2D eigenvalue weighted by Gasteiger charge is -2.21. The average Bonchev–Trinajstić information content (AvgIpc) is 3.41. The SMILES string of the molecule is Nc1nc2c(ncn2[C@@H]2O[C@H](COCc3ccc(Cl)cc3Cl)C(OCc3ccc(Cl)cc3Cl)[C@@H]2O)c(=O)[nH]1. The lowest BCUT2D eigenvalue weighted by molar-refractivity contribution is -0.0822. The Kier molecular flexibility index (Phi) is 8.13. The van der Waals surface area contributed by atoms with Gasteiger partial charge in [-0.2, -0.15) is 4.98 Å². The molecule has 0 spiro atoms. The molecule has 4 atom stereocenters. The molecule has 0 aliphatic carbocycles. The molecule has 3 heterocycles. The fourth-order valence-corrected chi connectivity index (χ4v) is 5.09. The van der Waals surface area contributed by atoms with Gasteiger partial charge < -0.3 is 25.1 Å². The van der Waals surface area contributed by atoms with E-state index < -0.39 is 30.1 Å². The maximum atomic E-state index is 12.2. The first-order valence-electron chi connectivity index (χ1n) is 11.3. The number of nitrogens with one attached hydrogen (secondary N) is 1. The average molecular weight is 601 g/mol. The number of aliphatic hydroxyl groups excluding tert-OH is 1. The zero-order valence-electron chi connectivity index (χ0n) is 19.5. The topological polar surface area (TPSA) is 138 Å². The van der Waals surface area contributed by atoms with Gasteiger partial charge >= 0.3 is 0 Å². The highest BCUT2D eigenvalue weighted by atomic mass is 35.5. The molecule has 0 saturated carbocycles. The molecule has 2 aromatic heterocycles. The van der Waals surface area contributed by atoms with E-state index in [9.17, 15) is 9.90 Å². The summed E-state index contributed by atoms with van der Waals surface area (Å²) in [6, 6.07) is 10.1. The third-order valence-electron chi connectivity index (χ3n) is 6.04. The number of aromatic nitrogens is 4. The Balaban J connectivity index is 1.38. The summed E-state index contributed by atoms with van der Waals surface area (Å²) in [6.07, 6.45) is -2.39. The van der Waals surface area contributed by atoms with Crippen LogP contribution in [-0.4, -0.2) is 49.5 Å². The van der Waals surface area contributed by atoms with E-state index in [1.807, 2.05) is 0 Å².